The minimum atomic E-state index is -0.141. The molecule has 2 nitrogen and oxygen atoms in total. The Kier molecular flexibility index (Phi) is 5.56. The molecule has 2 rings (SSSR count). The van der Waals surface area contributed by atoms with Crippen molar-refractivity contribution < 1.29 is 4.79 Å². The van der Waals surface area contributed by atoms with Gasteiger partial charge in [-0.15, -0.1) is 0 Å². The van der Waals surface area contributed by atoms with Crippen molar-refractivity contribution >= 4 is 33.6 Å². The number of hydrogen-bond donors (Lipinski definition) is 1. The molecule has 2 aromatic carbocycles. The summed E-state index contributed by atoms with van der Waals surface area (Å²) in [5, 5.41) is 2.86. The largest absolute Gasteiger partial charge is 0.321 e. The van der Waals surface area contributed by atoms with E-state index >= 15 is 0 Å². The van der Waals surface area contributed by atoms with Crippen LogP contribution in [-0.4, -0.2) is 5.91 Å². The maximum absolute atomic E-state index is 12.0. The van der Waals surface area contributed by atoms with Gasteiger partial charge >= 0.3 is 0 Å². The summed E-state index contributed by atoms with van der Waals surface area (Å²) in [5.74, 6) is 0.373. The average molecular weight is 358 g/mol. The van der Waals surface area contributed by atoms with E-state index in [-0.39, 0.29) is 5.91 Å². The third-order valence-electron chi connectivity index (χ3n) is 3.41. The van der Waals surface area contributed by atoms with Crippen LogP contribution in [0.1, 0.15) is 36.5 Å². The number of amides is 1. The molecule has 0 saturated carbocycles. The van der Waals surface area contributed by atoms with E-state index in [1.807, 2.05) is 43.3 Å². The summed E-state index contributed by atoms with van der Waals surface area (Å²) in [6.45, 7) is 6.34. The fraction of sp³-hybridized carbons (Fsp3) is 0.211. The first kappa shape index (κ1) is 16.5. The third-order valence-corrected chi connectivity index (χ3v) is 4.07. The first-order chi connectivity index (χ1) is 10.5. The number of carbonyl (C=O) groups excluding carboxylic acids is 1. The molecule has 0 aliphatic heterocycles. The summed E-state index contributed by atoms with van der Waals surface area (Å²) < 4.78 is 0.885. The predicted octanol–water partition coefficient (Wildman–Crippen LogP) is 5.53. The molecule has 0 aliphatic rings. The van der Waals surface area contributed by atoms with Crippen molar-refractivity contribution in [2.75, 3.05) is 5.32 Å². The zero-order chi connectivity index (χ0) is 16.1. The fourth-order valence-electron chi connectivity index (χ4n) is 2.06. The number of anilines is 1. The van der Waals surface area contributed by atoms with E-state index in [1.54, 1.807) is 6.08 Å². The van der Waals surface area contributed by atoms with Crippen LogP contribution in [-0.2, 0) is 4.79 Å². The summed E-state index contributed by atoms with van der Waals surface area (Å²) >= 11 is 3.45. The van der Waals surface area contributed by atoms with Crippen molar-refractivity contribution in [3.05, 3.63) is 69.7 Å². The van der Waals surface area contributed by atoms with Gasteiger partial charge in [-0.2, -0.15) is 0 Å². The summed E-state index contributed by atoms with van der Waals surface area (Å²) in [6.07, 6.45) is 3.37. The highest BCUT2D eigenvalue weighted by atomic mass is 79.9. The highest BCUT2D eigenvalue weighted by Gasteiger charge is 2.03. The second-order valence-electron chi connectivity index (χ2n) is 5.63. The normalized spacial score (nSPS) is 11.1. The minimum absolute atomic E-state index is 0.141. The summed E-state index contributed by atoms with van der Waals surface area (Å²) in [7, 11) is 0. The van der Waals surface area contributed by atoms with Crippen LogP contribution < -0.4 is 5.32 Å². The molecule has 1 N–H and O–H groups in total. The number of rotatable bonds is 4. The molecule has 114 valence electrons. The Hall–Kier alpha value is -1.87. The van der Waals surface area contributed by atoms with Crippen LogP contribution in [0.25, 0.3) is 6.08 Å². The fourth-order valence-corrected chi connectivity index (χ4v) is 2.65. The zero-order valence-corrected chi connectivity index (χ0v) is 14.6. The van der Waals surface area contributed by atoms with Gasteiger partial charge in [-0.05, 0) is 63.7 Å². The lowest BCUT2D eigenvalue weighted by Gasteiger charge is -2.06. The molecule has 0 spiro atoms. The van der Waals surface area contributed by atoms with Crippen molar-refractivity contribution in [3.63, 3.8) is 0 Å². The Bertz CT molecular complexity index is 687. The lowest BCUT2D eigenvalue weighted by Crippen LogP contribution is -2.08. The second kappa shape index (κ2) is 7.41. The van der Waals surface area contributed by atoms with E-state index in [0.717, 1.165) is 21.3 Å². The van der Waals surface area contributed by atoms with Gasteiger partial charge in [0.1, 0.15) is 0 Å². The van der Waals surface area contributed by atoms with Gasteiger partial charge < -0.3 is 5.32 Å². The predicted molar refractivity (Wildman–Crippen MR) is 97.1 cm³/mol. The van der Waals surface area contributed by atoms with Gasteiger partial charge in [-0.1, -0.05) is 44.2 Å². The molecule has 0 aliphatic carbocycles. The smallest absolute Gasteiger partial charge is 0.248 e. The number of nitrogens with one attached hydrogen (secondary N) is 1. The molecule has 1 amide bonds. The molecule has 3 heteroatoms. The maximum Gasteiger partial charge on any atom is 0.248 e. The maximum atomic E-state index is 12.0. The van der Waals surface area contributed by atoms with Gasteiger partial charge in [-0.25, -0.2) is 0 Å². The second-order valence-corrected chi connectivity index (χ2v) is 6.48. The molecule has 0 aromatic heterocycles. The quantitative estimate of drug-likeness (QED) is 0.715. The van der Waals surface area contributed by atoms with E-state index < -0.39 is 0 Å². The topological polar surface area (TPSA) is 29.1 Å². The SMILES string of the molecule is Cc1ccc(NC(=O)/C=C/c2ccc(C(C)C)cc2)c(Br)c1. The summed E-state index contributed by atoms with van der Waals surface area (Å²) in [5.41, 5.74) is 4.23. The molecule has 0 radical (unpaired) electrons. The number of hydrogen-bond acceptors (Lipinski definition) is 1. The van der Waals surface area contributed by atoms with E-state index in [9.17, 15) is 4.79 Å². The van der Waals surface area contributed by atoms with Crippen molar-refractivity contribution in [1.82, 2.24) is 0 Å². The van der Waals surface area contributed by atoms with E-state index in [2.05, 4.69) is 47.2 Å². The average Bonchev–Trinajstić information content (AvgIpc) is 2.48. The van der Waals surface area contributed by atoms with Crippen molar-refractivity contribution in [1.29, 1.82) is 0 Å². The van der Waals surface area contributed by atoms with Crippen molar-refractivity contribution in [2.24, 2.45) is 0 Å². The highest BCUT2D eigenvalue weighted by Crippen LogP contribution is 2.23. The molecule has 0 bridgehead atoms. The van der Waals surface area contributed by atoms with Crippen LogP contribution in [0.2, 0.25) is 0 Å². The molecule has 22 heavy (non-hydrogen) atoms. The van der Waals surface area contributed by atoms with E-state index in [0.29, 0.717) is 5.92 Å². The first-order valence-corrected chi connectivity index (χ1v) is 8.10. The molecule has 0 unspecified atom stereocenters. The molecule has 0 atom stereocenters. The van der Waals surface area contributed by atoms with Crippen LogP contribution in [0.15, 0.2) is 53.0 Å². The Labute approximate surface area is 140 Å². The minimum Gasteiger partial charge on any atom is -0.321 e. The Morgan fingerprint density at radius 2 is 1.82 bits per heavy atom. The molecular formula is C19H20BrNO. The summed E-state index contributed by atoms with van der Waals surface area (Å²) in [4.78, 5) is 12.0. The number of carbonyl (C=O) groups is 1. The van der Waals surface area contributed by atoms with Gasteiger partial charge in [0.05, 0.1) is 5.69 Å². The highest BCUT2D eigenvalue weighted by molar-refractivity contribution is 9.10. The number of aryl methyl sites for hydroxylation is 1. The lowest BCUT2D eigenvalue weighted by atomic mass is 10.0. The van der Waals surface area contributed by atoms with Gasteiger partial charge in [-0.3, -0.25) is 4.79 Å². The third kappa shape index (κ3) is 4.57. The van der Waals surface area contributed by atoms with Crippen LogP contribution in [0.3, 0.4) is 0 Å². The van der Waals surface area contributed by atoms with Gasteiger partial charge in [0.25, 0.3) is 0 Å². The molecular weight excluding hydrogens is 338 g/mol. The summed E-state index contributed by atoms with van der Waals surface area (Å²) in [6, 6.07) is 14.1. The van der Waals surface area contributed by atoms with Crippen LogP contribution >= 0.6 is 15.9 Å². The lowest BCUT2D eigenvalue weighted by molar-refractivity contribution is -0.111. The van der Waals surface area contributed by atoms with Crippen LogP contribution in [0.5, 0.6) is 0 Å². The first-order valence-electron chi connectivity index (χ1n) is 7.31. The van der Waals surface area contributed by atoms with E-state index in [4.69, 9.17) is 0 Å². The van der Waals surface area contributed by atoms with Gasteiger partial charge in [0.15, 0.2) is 0 Å². The Morgan fingerprint density at radius 1 is 1.14 bits per heavy atom. The van der Waals surface area contributed by atoms with Crippen molar-refractivity contribution in [3.8, 4) is 0 Å². The molecule has 2 aromatic rings. The van der Waals surface area contributed by atoms with Gasteiger partial charge in [0.2, 0.25) is 5.91 Å². The van der Waals surface area contributed by atoms with Crippen LogP contribution in [0, 0.1) is 6.92 Å². The van der Waals surface area contributed by atoms with Crippen LogP contribution in [0.4, 0.5) is 5.69 Å². The zero-order valence-electron chi connectivity index (χ0n) is 13.1. The van der Waals surface area contributed by atoms with Crippen molar-refractivity contribution in [2.45, 2.75) is 26.7 Å². The van der Waals surface area contributed by atoms with E-state index in [1.165, 1.54) is 5.56 Å². The number of halogens is 1. The molecule has 0 saturated heterocycles. The number of benzene rings is 2. The molecule has 0 fully saturated rings. The van der Waals surface area contributed by atoms with Gasteiger partial charge in [0, 0.05) is 10.5 Å². The standard InChI is InChI=1S/C19H20BrNO/c1-13(2)16-8-5-15(6-9-16)7-11-19(22)21-18-10-4-14(3)12-17(18)20/h4-13H,1-3H3,(H,21,22)/b11-7+. The Morgan fingerprint density at radius 3 is 2.41 bits per heavy atom. The Balaban J connectivity index is 2.01. The molecule has 0 heterocycles. The monoisotopic (exact) mass is 357 g/mol.